The molecule has 1 fully saturated rings. The van der Waals surface area contributed by atoms with Crippen molar-refractivity contribution in [2.45, 2.75) is 30.4 Å². The number of fused-ring (bicyclic) bond motifs is 3. The molecule has 7 nitrogen and oxygen atoms in total. The van der Waals surface area contributed by atoms with Crippen molar-refractivity contribution >= 4 is 70.2 Å². The summed E-state index contributed by atoms with van der Waals surface area (Å²) >= 11 is 4.55. The van der Waals surface area contributed by atoms with Crippen LogP contribution in [0.25, 0.3) is 20.4 Å². The third-order valence-electron chi connectivity index (χ3n) is 4.01. The van der Waals surface area contributed by atoms with Gasteiger partial charge >= 0.3 is 10.2 Å². The standard InChI is InChI=1S/C15H18N4O3S4/c1-8-6-19(7-9(2)22-8)26(20,21)18-14-16-10-4-5-11-13(12(10)24-14)25-15(17-11)23-3/h4-5,8-9H,6-7H2,1-3H3,(H,16,18). The van der Waals surface area contributed by atoms with E-state index in [1.807, 2.05) is 32.2 Å². The summed E-state index contributed by atoms with van der Waals surface area (Å²) in [4.78, 5) is 9.01. The molecule has 1 saturated heterocycles. The minimum Gasteiger partial charge on any atom is -0.373 e. The maximum absolute atomic E-state index is 12.7. The van der Waals surface area contributed by atoms with Crippen LogP contribution >= 0.6 is 34.4 Å². The second-order valence-corrected chi connectivity index (χ2v) is 10.9. The molecule has 1 aliphatic rings. The molecule has 1 aromatic carbocycles. The maximum Gasteiger partial charge on any atom is 0.303 e. The maximum atomic E-state index is 12.7. The fourth-order valence-electron chi connectivity index (χ4n) is 2.99. The van der Waals surface area contributed by atoms with Crippen LogP contribution in [0.1, 0.15) is 13.8 Å². The molecule has 0 spiro atoms. The molecule has 0 saturated carbocycles. The minimum atomic E-state index is -3.67. The zero-order chi connectivity index (χ0) is 18.5. The molecule has 26 heavy (non-hydrogen) atoms. The van der Waals surface area contributed by atoms with Crippen molar-refractivity contribution in [2.75, 3.05) is 24.1 Å². The molecule has 3 aromatic rings. The van der Waals surface area contributed by atoms with Gasteiger partial charge in [-0.3, -0.25) is 0 Å². The smallest absolute Gasteiger partial charge is 0.303 e. The van der Waals surface area contributed by atoms with E-state index in [0.29, 0.717) is 18.2 Å². The summed E-state index contributed by atoms with van der Waals surface area (Å²) in [6.07, 6.45) is 1.73. The Labute approximate surface area is 164 Å². The first-order valence-electron chi connectivity index (χ1n) is 8.03. The van der Waals surface area contributed by atoms with Crippen LogP contribution in [-0.4, -0.2) is 54.2 Å². The first-order chi connectivity index (χ1) is 12.4. The Morgan fingerprint density at radius 1 is 1.15 bits per heavy atom. The van der Waals surface area contributed by atoms with Gasteiger partial charge in [0, 0.05) is 13.1 Å². The lowest BCUT2D eigenvalue weighted by atomic mass is 10.3. The Kier molecular flexibility index (Phi) is 4.86. The van der Waals surface area contributed by atoms with Crippen LogP contribution in [0.15, 0.2) is 16.5 Å². The van der Waals surface area contributed by atoms with Crippen molar-refractivity contribution in [3.8, 4) is 0 Å². The number of aromatic nitrogens is 2. The number of hydrogen-bond donors (Lipinski definition) is 1. The van der Waals surface area contributed by atoms with Crippen LogP contribution in [0.4, 0.5) is 5.13 Å². The number of ether oxygens (including phenoxy) is 1. The number of benzene rings is 1. The van der Waals surface area contributed by atoms with Crippen LogP contribution in [-0.2, 0) is 14.9 Å². The van der Waals surface area contributed by atoms with E-state index in [2.05, 4.69) is 14.7 Å². The van der Waals surface area contributed by atoms with E-state index >= 15 is 0 Å². The van der Waals surface area contributed by atoms with E-state index in [1.54, 1.807) is 23.1 Å². The summed E-state index contributed by atoms with van der Waals surface area (Å²) < 4.78 is 38.2. The van der Waals surface area contributed by atoms with E-state index < -0.39 is 10.2 Å². The molecular formula is C15H18N4O3S4. The van der Waals surface area contributed by atoms with Gasteiger partial charge in [-0.25, -0.2) is 14.7 Å². The van der Waals surface area contributed by atoms with Crippen molar-refractivity contribution in [2.24, 2.45) is 0 Å². The third kappa shape index (κ3) is 3.43. The highest BCUT2D eigenvalue weighted by molar-refractivity contribution is 8.00. The molecule has 3 heterocycles. The number of thiazole rings is 2. The number of nitrogens with one attached hydrogen (secondary N) is 1. The topological polar surface area (TPSA) is 84.4 Å². The SMILES string of the molecule is CSc1nc2ccc3nc(NS(=O)(=O)N4CC(C)OC(C)C4)sc3c2s1. The monoisotopic (exact) mass is 430 g/mol. The van der Waals surface area contributed by atoms with Gasteiger partial charge in [0.25, 0.3) is 0 Å². The van der Waals surface area contributed by atoms with Crippen molar-refractivity contribution in [3.05, 3.63) is 12.1 Å². The Hall–Kier alpha value is -0.980. The number of rotatable bonds is 4. The fourth-order valence-corrected chi connectivity index (χ4v) is 7.19. The Balaban J connectivity index is 1.66. The minimum absolute atomic E-state index is 0.132. The van der Waals surface area contributed by atoms with Gasteiger partial charge in [0.1, 0.15) is 0 Å². The highest BCUT2D eigenvalue weighted by Crippen LogP contribution is 2.38. The van der Waals surface area contributed by atoms with E-state index in [-0.39, 0.29) is 12.2 Å². The molecule has 140 valence electrons. The van der Waals surface area contributed by atoms with Gasteiger partial charge in [-0.05, 0) is 32.2 Å². The predicted molar refractivity (Wildman–Crippen MR) is 109 cm³/mol. The molecule has 0 amide bonds. The number of thioether (sulfide) groups is 1. The van der Waals surface area contributed by atoms with Crippen molar-refractivity contribution in [1.82, 2.24) is 14.3 Å². The van der Waals surface area contributed by atoms with Crippen LogP contribution in [0.3, 0.4) is 0 Å². The van der Waals surface area contributed by atoms with Crippen molar-refractivity contribution in [3.63, 3.8) is 0 Å². The molecule has 2 atom stereocenters. The Morgan fingerprint density at radius 2 is 1.77 bits per heavy atom. The highest BCUT2D eigenvalue weighted by atomic mass is 32.2. The number of nitrogens with zero attached hydrogens (tertiary/aromatic N) is 3. The third-order valence-corrected chi connectivity index (χ3v) is 8.77. The summed E-state index contributed by atoms with van der Waals surface area (Å²) in [6, 6.07) is 3.81. The van der Waals surface area contributed by atoms with Crippen LogP contribution in [0.2, 0.25) is 0 Å². The van der Waals surface area contributed by atoms with Gasteiger partial charge in [-0.2, -0.15) is 12.7 Å². The fraction of sp³-hybridized carbons (Fsp3) is 0.467. The number of anilines is 1. The predicted octanol–water partition coefficient (Wildman–Crippen LogP) is 3.39. The molecule has 0 radical (unpaired) electrons. The zero-order valence-electron chi connectivity index (χ0n) is 14.4. The normalized spacial score (nSPS) is 22.3. The van der Waals surface area contributed by atoms with Gasteiger partial charge in [0.05, 0.1) is 32.6 Å². The van der Waals surface area contributed by atoms with Crippen LogP contribution in [0.5, 0.6) is 0 Å². The lowest BCUT2D eigenvalue weighted by Gasteiger charge is -2.34. The summed E-state index contributed by atoms with van der Waals surface area (Å²) in [6.45, 7) is 4.42. The van der Waals surface area contributed by atoms with Crippen molar-refractivity contribution < 1.29 is 13.2 Å². The van der Waals surface area contributed by atoms with Gasteiger partial charge in [0.15, 0.2) is 9.47 Å². The second-order valence-electron chi connectivity index (χ2n) is 6.15. The van der Waals surface area contributed by atoms with Gasteiger partial charge in [-0.15, -0.1) is 11.3 Å². The summed E-state index contributed by atoms with van der Waals surface area (Å²) in [5.74, 6) is 0. The van der Waals surface area contributed by atoms with E-state index in [0.717, 1.165) is 24.8 Å². The Bertz CT molecular complexity index is 1050. The molecule has 11 heteroatoms. The molecule has 4 rings (SSSR count). The lowest BCUT2D eigenvalue weighted by Crippen LogP contribution is -2.49. The Morgan fingerprint density at radius 3 is 2.42 bits per heavy atom. The lowest BCUT2D eigenvalue weighted by molar-refractivity contribution is -0.0439. The van der Waals surface area contributed by atoms with Crippen LogP contribution < -0.4 is 4.72 Å². The van der Waals surface area contributed by atoms with Gasteiger partial charge in [-0.1, -0.05) is 23.1 Å². The van der Waals surface area contributed by atoms with E-state index in [1.165, 1.54) is 15.6 Å². The molecule has 1 N–H and O–H groups in total. The van der Waals surface area contributed by atoms with Crippen LogP contribution in [0, 0.1) is 0 Å². The van der Waals surface area contributed by atoms with Gasteiger partial charge in [0.2, 0.25) is 0 Å². The van der Waals surface area contributed by atoms with Gasteiger partial charge < -0.3 is 4.74 Å². The molecule has 2 unspecified atom stereocenters. The van der Waals surface area contributed by atoms with E-state index in [9.17, 15) is 8.42 Å². The first kappa shape index (κ1) is 18.4. The summed E-state index contributed by atoms with van der Waals surface area (Å²) in [5, 5.41) is 0.374. The highest BCUT2D eigenvalue weighted by Gasteiger charge is 2.31. The molecule has 2 aromatic heterocycles. The van der Waals surface area contributed by atoms with E-state index in [4.69, 9.17) is 4.74 Å². The average Bonchev–Trinajstić information content (AvgIpc) is 3.15. The largest absolute Gasteiger partial charge is 0.373 e. The van der Waals surface area contributed by atoms with Crippen molar-refractivity contribution in [1.29, 1.82) is 0 Å². The number of morpholine rings is 1. The second kappa shape index (κ2) is 6.88. The molecule has 0 aliphatic carbocycles. The molecular weight excluding hydrogens is 412 g/mol. The number of hydrogen-bond acceptors (Lipinski definition) is 8. The molecule has 0 bridgehead atoms. The summed E-state index contributed by atoms with van der Waals surface area (Å²) in [7, 11) is -3.67. The zero-order valence-corrected chi connectivity index (χ0v) is 17.7. The quantitative estimate of drug-likeness (QED) is 0.639. The average molecular weight is 431 g/mol. The molecule has 1 aliphatic heterocycles. The summed E-state index contributed by atoms with van der Waals surface area (Å²) in [5.41, 5.74) is 1.70. The first-order valence-corrected chi connectivity index (χ1v) is 12.3.